The molecular formula is C52H36N4. The third kappa shape index (κ3) is 5.67. The molecule has 0 radical (unpaired) electrons. The number of nitrogens with zero attached hydrogens (tertiary/aromatic N) is 4. The van der Waals surface area contributed by atoms with Gasteiger partial charge in [-0.2, -0.15) is 0 Å². The molecule has 0 atom stereocenters. The second-order valence-corrected chi connectivity index (χ2v) is 14.0. The van der Waals surface area contributed by atoms with Gasteiger partial charge in [0.05, 0.1) is 5.41 Å². The van der Waals surface area contributed by atoms with Gasteiger partial charge < -0.3 is 4.90 Å². The summed E-state index contributed by atoms with van der Waals surface area (Å²) in [6.45, 7) is 0. The van der Waals surface area contributed by atoms with Crippen LogP contribution in [0, 0.1) is 0 Å². The lowest BCUT2D eigenvalue weighted by Crippen LogP contribution is -2.28. The van der Waals surface area contributed by atoms with Gasteiger partial charge in [-0.3, -0.25) is 0 Å². The maximum atomic E-state index is 5.11. The summed E-state index contributed by atoms with van der Waals surface area (Å²) in [5.74, 6) is 1.91. The fourth-order valence-corrected chi connectivity index (χ4v) is 8.31. The van der Waals surface area contributed by atoms with Crippen molar-refractivity contribution in [1.82, 2.24) is 15.0 Å². The highest BCUT2D eigenvalue weighted by Crippen LogP contribution is 2.56. The van der Waals surface area contributed by atoms with Crippen molar-refractivity contribution < 1.29 is 0 Å². The Balaban J connectivity index is 1.17. The van der Waals surface area contributed by atoms with E-state index < -0.39 is 5.41 Å². The fourth-order valence-electron chi connectivity index (χ4n) is 8.31. The first-order valence-corrected chi connectivity index (χ1v) is 19.0. The molecule has 0 bridgehead atoms. The minimum Gasteiger partial charge on any atom is -0.311 e. The van der Waals surface area contributed by atoms with Crippen LogP contribution in [0.2, 0.25) is 0 Å². The number of fused-ring (bicyclic) bond motifs is 3. The van der Waals surface area contributed by atoms with Gasteiger partial charge in [0.2, 0.25) is 0 Å². The average Bonchev–Trinajstić information content (AvgIpc) is 3.59. The summed E-state index contributed by atoms with van der Waals surface area (Å²) in [4.78, 5) is 17.5. The highest BCUT2D eigenvalue weighted by Gasteiger charge is 2.46. The number of aromatic nitrogens is 3. The molecule has 4 heteroatoms. The lowest BCUT2D eigenvalue weighted by molar-refractivity contribution is 0.768. The van der Waals surface area contributed by atoms with E-state index in [9.17, 15) is 0 Å². The average molecular weight is 717 g/mol. The van der Waals surface area contributed by atoms with Gasteiger partial charge in [0, 0.05) is 33.8 Å². The molecule has 1 heterocycles. The molecule has 0 saturated heterocycles. The Morgan fingerprint density at radius 2 is 0.696 bits per heavy atom. The van der Waals surface area contributed by atoms with Crippen molar-refractivity contribution in [2.75, 3.05) is 4.90 Å². The Hall–Kier alpha value is -7.43. The van der Waals surface area contributed by atoms with Crippen LogP contribution in [0.5, 0.6) is 0 Å². The van der Waals surface area contributed by atoms with Crippen LogP contribution >= 0.6 is 0 Å². The van der Waals surface area contributed by atoms with Crippen LogP contribution in [0.3, 0.4) is 0 Å². The number of para-hydroxylation sites is 2. The maximum absolute atomic E-state index is 5.11. The number of benzene rings is 8. The molecule has 8 aromatic carbocycles. The first kappa shape index (κ1) is 33.2. The Morgan fingerprint density at radius 3 is 1.20 bits per heavy atom. The molecule has 0 amide bonds. The minimum atomic E-state index is -0.608. The Kier molecular flexibility index (Phi) is 8.34. The summed E-state index contributed by atoms with van der Waals surface area (Å²) in [6, 6.07) is 77.0. The van der Waals surface area contributed by atoms with Crippen LogP contribution in [0.15, 0.2) is 218 Å². The first-order valence-electron chi connectivity index (χ1n) is 19.0. The zero-order chi connectivity index (χ0) is 37.3. The van der Waals surface area contributed by atoms with Crippen molar-refractivity contribution in [3.8, 4) is 45.3 Å². The predicted octanol–water partition coefficient (Wildman–Crippen LogP) is 12.7. The van der Waals surface area contributed by atoms with Crippen LogP contribution in [0.1, 0.15) is 22.3 Å². The molecule has 10 rings (SSSR count). The van der Waals surface area contributed by atoms with Crippen LogP contribution in [-0.2, 0) is 5.41 Å². The summed E-state index contributed by atoms with van der Waals surface area (Å²) in [6.07, 6.45) is 0. The number of rotatable bonds is 8. The molecule has 0 spiro atoms. The van der Waals surface area contributed by atoms with Gasteiger partial charge in [0.25, 0.3) is 0 Å². The van der Waals surface area contributed by atoms with E-state index in [0.29, 0.717) is 17.5 Å². The molecule has 264 valence electrons. The number of anilines is 3. The van der Waals surface area contributed by atoms with Gasteiger partial charge in [0.15, 0.2) is 17.5 Å². The summed E-state index contributed by atoms with van der Waals surface area (Å²) in [5, 5.41) is 0. The van der Waals surface area contributed by atoms with E-state index in [2.05, 4.69) is 163 Å². The smallest absolute Gasteiger partial charge is 0.164 e. The van der Waals surface area contributed by atoms with E-state index in [1.165, 1.54) is 27.8 Å². The van der Waals surface area contributed by atoms with Gasteiger partial charge in [-0.1, -0.05) is 176 Å². The third-order valence-corrected chi connectivity index (χ3v) is 10.8. The molecule has 0 N–H and O–H groups in total. The Morgan fingerprint density at radius 1 is 0.304 bits per heavy atom. The topological polar surface area (TPSA) is 41.9 Å². The summed E-state index contributed by atoms with van der Waals surface area (Å²) >= 11 is 0. The van der Waals surface area contributed by atoms with E-state index in [-0.39, 0.29) is 0 Å². The zero-order valence-corrected chi connectivity index (χ0v) is 30.6. The van der Waals surface area contributed by atoms with Gasteiger partial charge >= 0.3 is 0 Å². The lowest BCUT2D eigenvalue weighted by Gasteiger charge is -2.34. The van der Waals surface area contributed by atoms with Crippen molar-refractivity contribution in [3.63, 3.8) is 0 Å². The molecule has 0 fully saturated rings. The molecule has 0 saturated carbocycles. The summed E-state index contributed by atoms with van der Waals surface area (Å²) in [5.41, 5.74) is 12.8. The maximum Gasteiger partial charge on any atom is 0.164 e. The van der Waals surface area contributed by atoms with Crippen molar-refractivity contribution in [2.24, 2.45) is 0 Å². The zero-order valence-electron chi connectivity index (χ0n) is 30.6. The quantitative estimate of drug-likeness (QED) is 0.157. The van der Waals surface area contributed by atoms with Crippen molar-refractivity contribution in [1.29, 1.82) is 0 Å². The standard InChI is InChI=1S/C52H36N4/c1-5-18-37(19-6-1)49-53-50(38-20-7-2-8-21-38)55-51(54-49)39-22-17-23-41(36-39)52(47-30-15-13-28-45(47)46-29-14-16-31-48(46)52)40-32-34-44(35-33-40)56(42-24-9-3-10-25-42)43-26-11-4-12-27-43/h1-36H. The highest BCUT2D eigenvalue weighted by atomic mass is 15.1. The van der Waals surface area contributed by atoms with Crippen molar-refractivity contribution >= 4 is 17.1 Å². The molecule has 1 aliphatic rings. The van der Waals surface area contributed by atoms with E-state index in [1.807, 2.05) is 60.7 Å². The van der Waals surface area contributed by atoms with Gasteiger partial charge in [-0.15, -0.1) is 0 Å². The number of hydrogen-bond donors (Lipinski definition) is 0. The molecule has 0 aliphatic heterocycles. The van der Waals surface area contributed by atoms with Gasteiger partial charge in [-0.05, 0) is 75.8 Å². The number of hydrogen-bond acceptors (Lipinski definition) is 4. The second kappa shape index (κ2) is 14.1. The molecule has 9 aromatic rings. The lowest BCUT2D eigenvalue weighted by atomic mass is 9.67. The Labute approximate surface area is 327 Å². The van der Waals surface area contributed by atoms with E-state index in [0.717, 1.165) is 39.3 Å². The monoisotopic (exact) mass is 716 g/mol. The largest absolute Gasteiger partial charge is 0.311 e. The fraction of sp³-hybridized carbons (Fsp3) is 0.0192. The van der Waals surface area contributed by atoms with Crippen LogP contribution in [-0.4, -0.2) is 15.0 Å². The van der Waals surface area contributed by atoms with Gasteiger partial charge in [0.1, 0.15) is 0 Å². The molecule has 4 nitrogen and oxygen atoms in total. The molecular weight excluding hydrogens is 681 g/mol. The second-order valence-electron chi connectivity index (χ2n) is 14.0. The SMILES string of the molecule is c1ccc(-c2nc(-c3ccccc3)nc(-c3cccc(C4(c5ccc(N(c6ccccc6)c6ccccc6)cc5)c5ccccc5-c5ccccc54)c3)n2)cc1. The molecule has 1 aromatic heterocycles. The third-order valence-electron chi connectivity index (χ3n) is 10.8. The van der Waals surface area contributed by atoms with E-state index in [4.69, 9.17) is 15.0 Å². The predicted molar refractivity (Wildman–Crippen MR) is 228 cm³/mol. The molecule has 56 heavy (non-hydrogen) atoms. The van der Waals surface area contributed by atoms with E-state index >= 15 is 0 Å². The van der Waals surface area contributed by atoms with E-state index in [1.54, 1.807) is 0 Å². The molecule has 1 aliphatic carbocycles. The normalized spacial score (nSPS) is 12.4. The van der Waals surface area contributed by atoms with Crippen molar-refractivity contribution in [3.05, 3.63) is 241 Å². The van der Waals surface area contributed by atoms with Crippen molar-refractivity contribution in [2.45, 2.75) is 5.41 Å². The van der Waals surface area contributed by atoms with Gasteiger partial charge in [-0.25, -0.2) is 15.0 Å². The van der Waals surface area contributed by atoms with Crippen LogP contribution in [0.25, 0.3) is 45.3 Å². The summed E-state index contributed by atoms with van der Waals surface area (Å²) in [7, 11) is 0. The van der Waals surface area contributed by atoms with Crippen LogP contribution < -0.4 is 4.90 Å². The van der Waals surface area contributed by atoms with Crippen LogP contribution in [0.4, 0.5) is 17.1 Å². The molecule has 0 unspecified atom stereocenters. The Bertz CT molecular complexity index is 2640. The summed E-state index contributed by atoms with van der Waals surface area (Å²) < 4.78 is 0. The highest BCUT2D eigenvalue weighted by molar-refractivity contribution is 5.87. The minimum absolute atomic E-state index is 0.608. The first-order chi connectivity index (χ1) is 27.8.